The lowest BCUT2D eigenvalue weighted by Gasteiger charge is -2.29. The van der Waals surface area contributed by atoms with E-state index >= 15 is 0 Å². The average molecular weight is 308 g/mol. The highest BCUT2D eigenvalue weighted by molar-refractivity contribution is 9.10. The van der Waals surface area contributed by atoms with Crippen LogP contribution in [-0.4, -0.2) is 4.98 Å². The average Bonchev–Trinajstić information content (AvgIpc) is 2.54. The monoisotopic (exact) mass is 307 g/mol. The van der Waals surface area contributed by atoms with Gasteiger partial charge in [-0.25, -0.2) is 0 Å². The molecule has 0 spiro atoms. The molecule has 0 atom stereocenters. The maximum Gasteiger partial charge on any atom is 0.0648 e. The van der Waals surface area contributed by atoms with Crippen LogP contribution in [0.15, 0.2) is 22.8 Å². The lowest BCUT2D eigenvalue weighted by molar-refractivity contribution is -0.307. The van der Waals surface area contributed by atoms with Crippen molar-refractivity contribution in [3.8, 4) is 0 Å². The Bertz CT molecular complexity index is 577. The van der Waals surface area contributed by atoms with Crippen molar-refractivity contribution < 1.29 is 14.4 Å². The number of hydrogen-bond acceptors (Lipinski definition) is 3. The van der Waals surface area contributed by atoms with Crippen LogP contribution in [0.1, 0.15) is 0 Å². The molecule has 15 heavy (non-hydrogen) atoms. The Kier molecular flexibility index (Phi) is 2.69. The van der Waals surface area contributed by atoms with Crippen LogP contribution in [0.5, 0.6) is 0 Å². The zero-order valence-corrected chi connectivity index (χ0v) is 10.4. The first-order valence-corrected chi connectivity index (χ1v) is 6.60. The number of rotatable bonds is 1. The standard InChI is InChI=1S/C8H6BrClNO3P/c9-4-1-2-5-7(8(4)10)6(3-11-5)15(12,13)14/h1-3,11H,(H2,12,13,14)/p-2. The minimum Gasteiger partial charge on any atom is -0.807 e. The van der Waals surface area contributed by atoms with Crippen LogP contribution in [0.25, 0.3) is 10.9 Å². The second-order valence-electron chi connectivity index (χ2n) is 2.96. The number of H-pyrrole nitrogens is 1. The van der Waals surface area contributed by atoms with Gasteiger partial charge in [-0.05, 0) is 35.7 Å². The van der Waals surface area contributed by atoms with E-state index in [0.29, 0.717) is 9.99 Å². The van der Waals surface area contributed by atoms with Gasteiger partial charge in [0.25, 0.3) is 0 Å². The summed E-state index contributed by atoms with van der Waals surface area (Å²) in [5, 5.41) is 0.152. The Balaban J connectivity index is 2.90. The summed E-state index contributed by atoms with van der Waals surface area (Å²) < 4.78 is 11.5. The van der Waals surface area contributed by atoms with Crippen LogP contribution in [0.4, 0.5) is 0 Å². The van der Waals surface area contributed by atoms with Gasteiger partial charge in [-0.2, -0.15) is 0 Å². The van der Waals surface area contributed by atoms with E-state index in [9.17, 15) is 14.4 Å². The van der Waals surface area contributed by atoms with Gasteiger partial charge in [-0.1, -0.05) is 11.6 Å². The molecule has 0 saturated heterocycles. The predicted molar refractivity (Wildman–Crippen MR) is 58.2 cm³/mol. The minimum absolute atomic E-state index is 0.218. The summed E-state index contributed by atoms with van der Waals surface area (Å²) in [7, 11) is -4.80. The molecular weight excluding hydrogens is 304 g/mol. The Hall–Kier alpha value is -0.320. The molecule has 1 aromatic heterocycles. The van der Waals surface area contributed by atoms with Gasteiger partial charge in [0, 0.05) is 26.9 Å². The van der Waals surface area contributed by atoms with E-state index in [2.05, 4.69) is 20.9 Å². The highest BCUT2D eigenvalue weighted by Gasteiger charge is 2.12. The van der Waals surface area contributed by atoms with Crippen molar-refractivity contribution in [3.05, 3.63) is 27.8 Å². The van der Waals surface area contributed by atoms with Gasteiger partial charge >= 0.3 is 0 Å². The van der Waals surface area contributed by atoms with Gasteiger partial charge in [0.1, 0.15) is 0 Å². The number of hydrogen-bond donors (Lipinski definition) is 1. The minimum atomic E-state index is -4.80. The number of nitrogens with one attached hydrogen (secondary N) is 1. The molecule has 4 nitrogen and oxygen atoms in total. The highest BCUT2D eigenvalue weighted by atomic mass is 79.9. The van der Waals surface area contributed by atoms with Crippen LogP contribution in [-0.2, 0) is 4.57 Å². The topological polar surface area (TPSA) is 79.0 Å². The molecular formula is C8H4BrClNO3P-2. The third-order valence-corrected chi connectivity index (χ3v) is 4.23. The highest BCUT2D eigenvalue weighted by Crippen LogP contribution is 2.35. The Morgan fingerprint density at radius 1 is 1.40 bits per heavy atom. The SMILES string of the molecule is O=P([O-])([O-])c1c[nH]c2ccc(Br)c(Cl)c12. The summed E-state index contributed by atoms with van der Waals surface area (Å²) in [5.41, 5.74) is 0.519. The van der Waals surface area contributed by atoms with Crippen molar-refractivity contribution >= 4 is 51.3 Å². The van der Waals surface area contributed by atoms with E-state index in [0.717, 1.165) is 6.20 Å². The molecule has 0 aliphatic carbocycles. The fourth-order valence-corrected chi connectivity index (χ4v) is 2.75. The third kappa shape index (κ3) is 1.86. The van der Waals surface area contributed by atoms with Crippen LogP contribution >= 0.6 is 35.1 Å². The normalized spacial score (nSPS) is 12.3. The molecule has 1 N–H and O–H groups in total. The van der Waals surface area contributed by atoms with Gasteiger partial charge in [0.05, 0.1) is 5.02 Å². The third-order valence-electron chi connectivity index (χ3n) is 2.01. The maximum atomic E-state index is 10.9. The van der Waals surface area contributed by atoms with E-state index in [1.807, 2.05) is 0 Å². The van der Waals surface area contributed by atoms with Crippen LogP contribution < -0.4 is 15.1 Å². The number of aromatic amines is 1. The molecule has 0 saturated carbocycles. The van der Waals surface area contributed by atoms with Crippen molar-refractivity contribution in [2.24, 2.45) is 0 Å². The number of fused-ring (bicyclic) bond motifs is 1. The van der Waals surface area contributed by atoms with Gasteiger partial charge in [-0.15, -0.1) is 0 Å². The summed E-state index contributed by atoms with van der Waals surface area (Å²) >= 11 is 9.08. The Morgan fingerprint density at radius 2 is 2.07 bits per heavy atom. The van der Waals surface area contributed by atoms with Crippen molar-refractivity contribution in [3.63, 3.8) is 0 Å². The van der Waals surface area contributed by atoms with Crippen molar-refractivity contribution in [2.75, 3.05) is 0 Å². The quantitative estimate of drug-likeness (QED) is 0.802. The number of aromatic nitrogens is 1. The van der Waals surface area contributed by atoms with Gasteiger partial charge < -0.3 is 19.3 Å². The summed E-state index contributed by atoms with van der Waals surface area (Å²) in [4.78, 5) is 24.6. The molecule has 0 amide bonds. The Morgan fingerprint density at radius 3 is 2.67 bits per heavy atom. The van der Waals surface area contributed by atoms with Gasteiger partial charge in [-0.3, -0.25) is 0 Å². The zero-order valence-electron chi connectivity index (χ0n) is 7.16. The molecule has 1 heterocycles. The molecule has 7 heteroatoms. The second-order valence-corrected chi connectivity index (χ2v) is 5.66. The summed E-state index contributed by atoms with van der Waals surface area (Å²) in [6.45, 7) is 0. The van der Waals surface area contributed by atoms with Crippen LogP contribution in [0, 0.1) is 0 Å². The molecule has 80 valence electrons. The van der Waals surface area contributed by atoms with Crippen molar-refractivity contribution in [1.82, 2.24) is 4.98 Å². The van der Waals surface area contributed by atoms with Crippen molar-refractivity contribution in [2.45, 2.75) is 0 Å². The van der Waals surface area contributed by atoms with Crippen LogP contribution in [0.2, 0.25) is 5.02 Å². The molecule has 0 bridgehead atoms. The van der Waals surface area contributed by atoms with E-state index in [-0.39, 0.29) is 15.7 Å². The smallest absolute Gasteiger partial charge is 0.0648 e. The molecule has 0 fully saturated rings. The molecule has 0 aliphatic heterocycles. The van der Waals surface area contributed by atoms with Gasteiger partial charge in [0.15, 0.2) is 0 Å². The molecule has 0 unspecified atom stereocenters. The number of benzene rings is 1. The molecule has 2 rings (SSSR count). The molecule has 2 aromatic rings. The van der Waals surface area contributed by atoms with Crippen LogP contribution in [0.3, 0.4) is 0 Å². The van der Waals surface area contributed by atoms with E-state index in [1.54, 1.807) is 12.1 Å². The van der Waals surface area contributed by atoms with Crippen molar-refractivity contribution in [1.29, 1.82) is 0 Å². The predicted octanol–water partition coefficient (Wildman–Crippen LogP) is 1.12. The fraction of sp³-hybridized carbons (Fsp3) is 0. The van der Waals surface area contributed by atoms with E-state index < -0.39 is 7.60 Å². The first-order chi connectivity index (χ1) is 6.91. The van der Waals surface area contributed by atoms with E-state index in [1.165, 1.54) is 0 Å². The Labute approximate surface area is 98.5 Å². The molecule has 0 radical (unpaired) electrons. The zero-order chi connectivity index (χ0) is 11.2. The van der Waals surface area contributed by atoms with Gasteiger partial charge in [0.2, 0.25) is 0 Å². The molecule has 0 aliphatic rings. The summed E-state index contributed by atoms with van der Waals surface area (Å²) in [6, 6.07) is 3.32. The first kappa shape index (κ1) is 11.2. The summed E-state index contributed by atoms with van der Waals surface area (Å²) in [6.07, 6.45) is 1.16. The second kappa shape index (κ2) is 3.61. The lowest BCUT2D eigenvalue weighted by atomic mass is 10.2. The maximum absolute atomic E-state index is 10.9. The number of halogens is 2. The fourth-order valence-electron chi connectivity index (χ4n) is 1.36. The first-order valence-electron chi connectivity index (χ1n) is 3.89. The lowest BCUT2D eigenvalue weighted by Crippen LogP contribution is -2.24. The molecule has 1 aromatic carbocycles. The largest absolute Gasteiger partial charge is 0.807 e. The van der Waals surface area contributed by atoms with E-state index in [4.69, 9.17) is 11.6 Å². The summed E-state index contributed by atoms with van der Waals surface area (Å²) in [5.74, 6) is 0.